The SMILES string of the molecule is CC(O)Cc1coc(-c2ccco2)n1. The van der Waals surface area contributed by atoms with Gasteiger partial charge in [0, 0.05) is 6.42 Å². The number of hydrogen-bond acceptors (Lipinski definition) is 4. The maximum absolute atomic E-state index is 9.14. The summed E-state index contributed by atoms with van der Waals surface area (Å²) in [6.07, 6.45) is 3.17. The van der Waals surface area contributed by atoms with Gasteiger partial charge in [-0.15, -0.1) is 0 Å². The Hall–Kier alpha value is -1.55. The van der Waals surface area contributed by atoms with E-state index in [-0.39, 0.29) is 0 Å². The zero-order valence-electron chi connectivity index (χ0n) is 7.80. The van der Waals surface area contributed by atoms with Crippen LogP contribution in [-0.2, 0) is 6.42 Å². The van der Waals surface area contributed by atoms with Crippen molar-refractivity contribution in [3.63, 3.8) is 0 Å². The highest BCUT2D eigenvalue weighted by Gasteiger charge is 2.09. The Balaban J connectivity index is 2.18. The fourth-order valence-corrected chi connectivity index (χ4v) is 1.22. The second kappa shape index (κ2) is 3.67. The highest BCUT2D eigenvalue weighted by Crippen LogP contribution is 2.19. The fourth-order valence-electron chi connectivity index (χ4n) is 1.22. The summed E-state index contributed by atoms with van der Waals surface area (Å²) in [4.78, 5) is 4.17. The molecule has 0 fully saturated rings. The predicted octanol–water partition coefficient (Wildman–Crippen LogP) is 1.86. The first-order valence-electron chi connectivity index (χ1n) is 4.42. The van der Waals surface area contributed by atoms with Crippen LogP contribution in [0.3, 0.4) is 0 Å². The van der Waals surface area contributed by atoms with Crippen molar-refractivity contribution in [2.45, 2.75) is 19.4 Å². The second-order valence-electron chi connectivity index (χ2n) is 3.17. The lowest BCUT2D eigenvalue weighted by atomic mass is 10.2. The van der Waals surface area contributed by atoms with Gasteiger partial charge in [0.25, 0.3) is 5.89 Å². The minimum Gasteiger partial charge on any atom is -0.459 e. The Labute approximate surface area is 81.2 Å². The first-order valence-corrected chi connectivity index (χ1v) is 4.42. The number of oxazole rings is 1. The molecule has 1 atom stereocenters. The summed E-state index contributed by atoms with van der Waals surface area (Å²) in [5, 5.41) is 9.14. The van der Waals surface area contributed by atoms with E-state index >= 15 is 0 Å². The van der Waals surface area contributed by atoms with Crippen LogP contribution < -0.4 is 0 Å². The van der Waals surface area contributed by atoms with Crippen molar-refractivity contribution in [3.8, 4) is 11.7 Å². The Morgan fingerprint density at radius 2 is 2.36 bits per heavy atom. The maximum Gasteiger partial charge on any atom is 0.262 e. The molecule has 0 aromatic carbocycles. The van der Waals surface area contributed by atoms with Gasteiger partial charge in [0.2, 0.25) is 0 Å². The molecule has 74 valence electrons. The number of hydrogen-bond donors (Lipinski definition) is 1. The van der Waals surface area contributed by atoms with Crippen LogP contribution in [-0.4, -0.2) is 16.2 Å². The van der Waals surface area contributed by atoms with Crippen molar-refractivity contribution < 1.29 is 13.9 Å². The van der Waals surface area contributed by atoms with Crippen molar-refractivity contribution in [2.75, 3.05) is 0 Å². The van der Waals surface area contributed by atoms with Crippen molar-refractivity contribution in [2.24, 2.45) is 0 Å². The van der Waals surface area contributed by atoms with E-state index in [1.165, 1.54) is 6.26 Å². The molecule has 0 spiro atoms. The van der Waals surface area contributed by atoms with Crippen LogP contribution in [0.15, 0.2) is 33.5 Å². The van der Waals surface area contributed by atoms with Crippen LogP contribution in [0.2, 0.25) is 0 Å². The molecule has 1 unspecified atom stereocenters. The number of aliphatic hydroxyl groups excluding tert-OH is 1. The number of rotatable bonds is 3. The van der Waals surface area contributed by atoms with E-state index in [1.807, 2.05) is 0 Å². The van der Waals surface area contributed by atoms with Crippen LogP contribution in [0, 0.1) is 0 Å². The van der Waals surface area contributed by atoms with E-state index in [9.17, 15) is 0 Å². The van der Waals surface area contributed by atoms with E-state index in [2.05, 4.69) is 4.98 Å². The van der Waals surface area contributed by atoms with Crippen molar-refractivity contribution in [1.82, 2.24) is 4.98 Å². The van der Waals surface area contributed by atoms with Gasteiger partial charge in [-0.25, -0.2) is 4.98 Å². The molecule has 2 aromatic heterocycles. The fraction of sp³-hybridized carbons (Fsp3) is 0.300. The molecule has 0 bridgehead atoms. The molecule has 0 aliphatic carbocycles. The summed E-state index contributed by atoms with van der Waals surface area (Å²) in [7, 11) is 0. The molecule has 0 aliphatic heterocycles. The Bertz CT molecular complexity index is 389. The lowest BCUT2D eigenvalue weighted by Gasteiger charge is -1.96. The molecule has 4 heteroatoms. The highest BCUT2D eigenvalue weighted by molar-refractivity contribution is 5.43. The summed E-state index contributed by atoms with van der Waals surface area (Å²) in [5.74, 6) is 1.05. The number of aromatic nitrogens is 1. The zero-order valence-corrected chi connectivity index (χ0v) is 7.80. The minimum absolute atomic E-state index is 0.412. The molecule has 0 saturated heterocycles. The molecule has 0 amide bonds. The molecular formula is C10H11NO3. The molecule has 1 N–H and O–H groups in total. The average Bonchev–Trinajstić information content (AvgIpc) is 2.69. The summed E-state index contributed by atoms with van der Waals surface area (Å²) in [6.45, 7) is 1.71. The molecular weight excluding hydrogens is 182 g/mol. The Kier molecular flexibility index (Phi) is 2.37. The first-order chi connectivity index (χ1) is 6.75. The van der Waals surface area contributed by atoms with Gasteiger partial charge < -0.3 is 13.9 Å². The number of aliphatic hydroxyl groups is 1. The molecule has 4 nitrogen and oxygen atoms in total. The van der Waals surface area contributed by atoms with Crippen LogP contribution in [0.5, 0.6) is 0 Å². The van der Waals surface area contributed by atoms with E-state index < -0.39 is 6.10 Å². The van der Waals surface area contributed by atoms with Gasteiger partial charge in [-0.05, 0) is 19.1 Å². The van der Waals surface area contributed by atoms with Crippen molar-refractivity contribution >= 4 is 0 Å². The van der Waals surface area contributed by atoms with Gasteiger partial charge in [-0.3, -0.25) is 0 Å². The normalized spacial score (nSPS) is 13.0. The van der Waals surface area contributed by atoms with Crippen LogP contribution >= 0.6 is 0 Å². The van der Waals surface area contributed by atoms with Gasteiger partial charge >= 0.3 is 0 Å². The predicted molar refractivity (Wildman–Crippen MR) is 49.6 cm³/mol. The molecule has 0 radical (unpaired) electrons. The van der Waals surface area contributed by atoms with E-state index in [4.69, 9.17) is 13.9 Å². The zero-order chi connectivity index (χ0) is 9.97. The Morgan fingerprint density at radius 1 is 1.50 bits per heavy atom. The number of furan rings is 1. The van der Waals surface area contributed by atoms with E-state index in [1.54, 1.807) is 25.3 Å². The molecule has 14 heavy (non-hydrogen) atoms. The quantitative estimate of drug-likeness (QED) is 0.808. The molecule has 2 rings (SSSR count). The van der Waals surface area contributed by atoms with Crippen LogP contribution in [0.4, 0.5) is 0 Å². The summed E-state index contributed by atoms with van der Waals surface area (Å²) < 4.78 is 10.3. The number of nitrogens with zero attached hydrogens (tertiary/aromatic N) is 1. The molecule has 2 aromatic rings. The van der Waals surface area contributed by atoms with Crippen molar-refractivity contribution in [1.29, 1.82) is 0 Å². The van der Waals surface area contributed by atoms with E-state index in [0.717, 1.165) is 5.69 Å². The van der Waals surface area contributed by atoms with Crippen LogP contribution in [0.25, 0.3) is 11.7 Å². The largest absolute Gasteiger partial charge is 0.459 e. The van der Waals surface area contributed by atoms with Crippen molar-refractivity contribution in [3.05, 3.63) is 30.4 Å². The minimum atomic E-state index is -0.412. The van der Waals surface area contributed by atoms with Crippen LogP contribution in [0.1, 0.15) is 12.6 Å². The molecule has 0 saturated carbocycles. The second-order valence-corrected chi connectivity index (χ2v) is 3.17. The van der Waals surface area contributed by atoms with Gasteiger partial charge in [0.1, 0.15) is 6.26 Å². The Morgan fingerprint density at radius 3 is 3.00 bits per heavy atom. The van der Waals surface area contributed by atoms with Gasteiger partial charge in [0.15, 0.2) is 5.76 Å². The first kappa shape index (κ1) is 9.02. The third-order valence-corrected chi connectivity index (χ3v) is 1.79. The van der Waals surface area contributed by atoms with Gasteiger partial charge in [-0.2, -0.15) is 0 Å². The summed E-state index contributed by atoms with van der Waals surface area (Å²) in [6, 6.07) is 3.55. The summed E-state index contributed by atoms with van der Waals surface area (Å²) in [5.41, 5.74) is 0.728. The lowest BCUT2D eigenvalue weighted by Crippen LogP contribution is -2.04. The van der Waals surface area contributed by atoms with Gasteiger partial charge in [-0.1, -0.05) is 0 Å². The lowest BCUT2D eigenvalue weighted by molar-refractivity contribution is 0.194. The molecule has 0 aliphatic rings. The average molecular weight is 193 g/mol. The standard InChI is InChI=1S/C10H11NO3/c1-7(12)5-8-6-14-10(11-8)9-3-2-4-13-9/h2-4,6-7,12H,5H2,1H3. The third-order valence-electron chi connectivity index (χ3n) is 1.79. The highest BCUT2D eigenvalue weighted by atomic mass is 16.4. The third kappa shape index (κ3) is 1.85. The smallest absolute Gasteiger partial charge is 0.262 e. The maximum atomic E-state index is 9.14. The summed E-state index contributed by atoms with van der Waals surface area (Å²) >= 11 is 0. The monoisotopic (exact) mass is 193 g/mol. The topological polar surface area (TPSA) is 59.4 Å². The van der Waals surface area contributed by atoms with Gasteiger partial charge in [0.05, 0.1) is 18.1 Å². The molecule has 2 heterocycles. The van der Waals surface area contributed by atoms with E-state index in [0.29, 0.717) is 18.1 Å².